The van der Waals surface area contributed by atoms with Crippen molar-refractivity contribution in [3.8, 4) is 5.75 Å². The molecule has 6 nitrogen and oxygen atoms in total. The van der Waals surface area contributed by atoms with Crippen LogP contribution in [0.1, 0.15) is 16.8 Å². The highest BCUT2D eigenvalue weighted by Crippen LogP contribution is 2.32. The van der Waals surface area contributed by atoms with E-state index in [9.17, 15) is 0 Å². The van der Waals surface area contributed by atoms with Crippen LogP contribution in [0.15, 0.2) is 12.1 Å². The Balaban J connectivity index is 1.96. The normalized spacial score (nSPS) is 16.1. The lowest BCUT2D eigenvalue weighted by atomic mass is 10.0. The minimum absolute atomic E-state index is 0.804. The van der Waals surface area contributed by atoms with Gasteiger partial charge in [-0.2, -0.15) is 5.10 Å². The Morgan fingerprint density at radius 2 is 2.00 bits per heavy atom. The van der Waals surface area contributed by atoms with Gasteiger partial charge in [-0.05, 0) is 37.1 Å². The number of aryl methyl sites for hydroxylation is 2. The maximum absolute atomic E-state index is 5.50. The quantitative estimate of drug-likeness (QED) is 0.772. The van der Waals surface area contributed by atoms with E-state index in [0.29, 0.717) is 0 Å². The maximum Gasteiger partial charge on any atom is 0.182 e. The van der Waals surface area contributed by atoms with Gasteiger partial charge in [0.1, 0.15) is 5.75 Å². The average molecular weight is 325 g/mol. The van der Waals surface area contributed by atoms with E-state index in [1.54, 1.807) is 7.11 Å². The van der Waals surface area contributed by atoms with E-state index < -0.39 is 0 Å². The van der Waals surface area contributed by atoms with Crippen molar-refractivity contribution in [3.63, 3.8) is 0 Å². The van der Waals surface area contributed by atoms with Crippen LogP contribution in [0, 0.1) is 13.8 Å². The Labute approximate surface area is 141 Å². The largest absolute Gasteiger partial charge is 0.497 e. The molecule has 2 N–H and O–H groups in total. The summed E-state index contributed by atoms with van der Waals surface area (Å²) in [7, 11) is 1.71. The summed E-state index contributed by atoms with van der Waals surface area (Å²) < 4.78 is 5.50. The Morgan fingerprint density at radius 1 is 1.21 bits per heavy atom. The van der Waals surface area contributed by atoms with Crippen LogP contribution in [0.3, 0.4) is 0 Å². The summed E-state index contributed by atoms with van der Waals surface area (Å²) in [5.41, 5.74) is 5.31. The number of nitrogens with one attached hydrogen (secondary N) is 2. The molecule has 0 amide bonds. The Hall–Kier alpha value is -2.18. The van der Waals surface area contributed by atoms with E-state index in [0.717, 1.165) is 66.3 Å². The molecule has 1 aliphatic rings. The molecule has 3 heterocycles. The van der Waals surface area contributed by atoms with Crippen LogP contribution in [0.25, 0.3) is 21.9 Å². The van der Waals surface area contributed by atoms with Gasteiger partial charge in [0.2, 0.25) is 0 Å². The Morgan fingerprint density at radius 3 is 2.75 bits per heavy atom. The second-order valence-corrected chi connectivity index (χ2v) is 6.50. The molecule has 0 saturated carbocycles. The Bertz CT molecular complexity index is 895. The van der Waals surface area contributed by atoms with Crippen molar-refractivity contribution in [2.45, 2.75) is 20.4 Å². The summed E-state index contributed by atoms with van der Waals surface area (Å²) in [4.78, 5) is 7.29. The average Bonchev–Trinajstić information content (AvgIpc) is 2.97. The van der Waals surface area contributed by atoms with Crippen LogP contribution in [0.4, 0.5) is 0 Å². The highest BCUT2D eigenvalue weighted by Gasteiger charge is 2.19. The Kier molecular flexibility index (Phi) is 3.86. The first-order chi connectivity index (χ1) is 11.7. The summed E-state index contributed by atoms with van der Waals surface area (Å²) >= 11 is 0. The number of ether oxygens (including phenoxy) is 1. The summed E-state index contributed by atoms with van der Waals surface area (Å²) in [6, 6.07) is 4.15. The topological polar surface area (TPSA) is 66.1 Å². The molecule has 24 heavy (non-hydrogen) atoms. The van der Waals surface area contributed by atoms with Crippen molar-refractivity contribution in [1.82, 2.24) is 25.4 Å². The molecule has 1 aromatic carbocycles. The van der Waals surface area contributed by atoms with Gasteiger partial charge in [0.15, 0.2) is 5.65 Å². The molecular weight excluding hydrogens is 302 g/mol. The van der Waals surface area contributed by atoms with Gasteiger partial charge in [-0.25, -0.2) is 4.98 Å². The SMILES string of the molecule is COc1cc(C)c2nc3n[nH]c(C)c3c(CN3CCNCC3)c2c1. The summed E-state index contributed by atoms with van der Waals surface area (Å²) in [5.74, 6) is 0.879. The fraction of sp³-hybridized carbons (Fsp3) is 0.444. The third kappa shape index (κ3) is 2.52. The molecule has 126 valence electrons. The number of H-pyrrole nitrogens is 1. The molecule has 4 rings (SSSR count). The van der Waals surface area contributed by atoms with Gasteiger partial charge >= 0.3 is 0 Å². The summed E-state index contributed by atoms with van der Waals surface area (Å²) in [5, 5.41) is 13.2. The van der Waals surface area contributed by atoms with E-state index in [1.165, 1.54) is 10.9 Å². The molecule has 0 aliphatic carbocycles. The van der Waals surface area contributed by atoms with Crippen LogP contribution in [-0.4, -0.2) is 53.4 Å². The molecule has 0 spiro atoms. The molecule has 0 atom stereocenters. The minimum Gasteiger partial charge on any atom is -0.497 e. The minimum atomic E-state index is 0.804. The molecule has 6 heteroatoms. The van der Waals surface area contributed by atoms with E-state index in [-0.39, 0.29) is 0 Å². The lowest BCUT2D eigenvalue weighted by molar-refractivity contribution is 0.234. The van der Waals surface area contributed by atoms with Crippen molar-refractivity contribution >= 4 is 21.9 Å². The predicted molar refractivity (Wildman–Crippen MR) is 95.6 cm³/mol. The number of methoxy groups -OCH3 is 1. The van der Waals surface area contributed by atoms with Gasteiger partial charge in [0.25, 0.3) is 0 Å². The number of hydrogen-bond acceptors (Lipinski definition) is 5. The molecule has 0 radical (unpaired) electrons. The smallest absolute Gasteiger partial charge is 0.182 e. The van der Waals surface area contributed by atoms with Gasteiger partial charge < -0.3 is 10.1 Å². The van der Waals surface area contributed by atoms with Crippen molar-refractivity contribution in [2.24, 2.45) is 0 Å². The molecule has 3 aromatic rings. The van der Waals surface area contributed by atoms with Crippen molar-refractivity contribution in [2.75, 3.05) is 33.3 Å². The van der Waals surface area contributed by atoms with Crippen LogP contribution in [-0.2, 0) is 6.54 Å². The molecule has 0 bridgehead atoms. The van der Waals surface area contributed by atoms with Gasteiger partial charge in [-0.15, -0.1) is 0 Å². The first kappa shape index (κ1) is 15.4. The van der Waals surface area contributed by atoms with E-state index >= 15 is 0 Å². The molecule has 1 saturated heterocycles. The molecule has 1 fully saturated rings. The number of piperazine rings is 1. The number of pyridine rings is 1. The van der Waals surface area contributed by atoms with Crippen molar-refractivity contribution in [1.29, 1.82) is 0 Å². The fourth-order valence-corrected chi connectivity index (χ4v) is 3.60. The number of rotatable bonds is 3. The van der Waals surface area contributed by atoms with Gasteiger partial charge in [-0.3, -0.25) is 10.00 Å². The monoisotopic (exact) mass is 325 g/mol. The zero-order valence-corrected chi connectivity index (χ0v) is 14.4. The zero-order valence-electron chi connectivity index (χ0n) is 14.4. The number of hydrogen-bond donors (Lipinski definition) is 2. The third-order valence-electron chi connectivity index (χ3n) is 4.87. The molecule has 0 unspecified atom stereocenters. The van der Waals surface area contributed by atoms with Crippen LogP contribution < -0.4 is 10.1 Å². The van der Waals surface area contributed by atoms with Gasteiger partial charge in [-0.1, -0.05) is 0 Å². The van der Waals surface area contributed by atoms with Gasteiger partial charge in [0, 0.05) is 49.2 Å². The molecular formula is C18H23N5O. The predicted octanol–water partition coefficient (Wildman–Crippen LogP) is 2.14. The lowest BCUT2D eigenvalue weighted by Gasteiger charge is -2.28. The second-order valence-electron chi connectivity index (χ2n) is 6.50. The highest BCUT2D eigenvalue weighted by molar-refractivity contribution is 5.99. The van der Waals surface area contributed by atoms with Crippen molar-refractivity contribution < 1.29 is 4.74 Å². The van der Waals surface area contributed by atoms with E-state index in [2.05, 4.69) is 40.3 Å². The lowest BCUT2D eigenvalue weighted by Crippen LogP contribution is -2.42. The number of aromatic nitrogens is 3. The maximum atomic E-state index is 5.50. The zero-order chi connectivity index (χ0) is 16.7. The number of nitrogens with zero attached hydrogens (tertiary/aromatic N) is 3. The van der Waals surface area contributed by atoms with Crippen LogP contribution >= 0.6 is 0 Å². The summed E-state index contributed by atoms with van der Waals surface area (Å²) in [6.45, 7) is 9.26. The molecule has 1 aliphatic heterocycles. The number of aromatic amines is 1. The van der Waals surface area contributed by atoms with Crippen molar-refractivity contribution in [3.05, 3.63) is 29.0 Å². The van der Waals surface area contributed by atoms with Gasteiger partial charge in [0.05, 0.1) is 12.6 Å². The summed E-state index contributed by atoms with van der Waals surface area (Å²) in [6.07, 6.45) is 0. The van der Waals surface area contributed by atoms with E-state index in [4.69, 9.17) is 9.72 Å². The van der Waals surface area contributed by atoms with Crippen LogP contribution in [0.2, 0.25) is 0 Å². The number of benzene rings is 1. The second kappa shape index (κ2) is 6.03. The van der Waals surface area contributed by atoms with Crippen LogP contribution in [0.5, 0.6) is 5.75 Å². The number of fused-ring (bicyclic) bond motifs is 2. The van der Waals surface area contributed by atoms with E-state index in [1.807, 2.05) is 6.07 Å². The molecule has 2 aromatic heterocycles. The standard InChI is InChI=1S/C18H23N5O/c1-11-8-13(24-3)9-14-15(10-23-6-4-19-5-7-23)16-12(2)21-22-18(16)20-17(11)14/h8-9,19H,4-7,10H2,1-3H3,(H,20,21,22). The first-order valence-electron chi connectivity index (χ1n) is 8.42. The highest BCUT2D eigenvalue weighted by atomic mass is 16.5. The third-order valence-corrected chi connectivity index (χ3v) is 4.87. The fourth-order valence-electron chi connectivity index (χ4n) is 3.60. The first-order valence-corrected chi connectivity index (χ1v) is 8.42.